The van der Waals surface area contributed by atoms with E-state index in [9.17, 15) is 4.79 Å². The number of likely N-dealkylation sites (tertiary alicyclic amines) is 1. The summed E-state index contributed by atoms with van der Waals surface area (Å²) in [5, 5.41) is 3.27. The number of carbonyl (C=O) groups excluding carboxylic acids is 1. The van der Waals surface area contributed by atoms with Crippen molar-refractivity contribution in [3.8, 4) is 0 Å². The van der Waals surface area contributed by atoms with Crippen LogP contribution in [0.4, 0.5) is 0 Å². The third kappa shape index (κ3) is 4.74. The molecule has 1 aliphatic heterocycles. The highest BCUT2D eigenvalue weighted by atomic mass is 32.2. The average Bonchev–Trinajstić information content (AvgIpc) is 3.09. The number of rotatable bonds is 5. The van der Waals surface area contributed by atoms with Gasteiger partial charge in [0.2, 0.25) is 5.91 Å². The van der Waals surface area contributed by atoms with Gasteiger partial charge in [-0.25, -0.2) is 0 Å². The summed E-state index contributed by atoms with van der Waals surface area (Å²) >= 11 is 1.78. The molecule has 0 unspecified atom stereocenters. The molecular weight excluding hydrogens is 304 g/mol. The Balaban J connectivity index is 1.43. The molecule has 1 aromatic rings. The monoisotopic (exact) mass is 332 g/mol. The Morgan fingerprint density at radius 2 is 1.78 bits per heavy atom. The molecule has 0 atom stereocenters. The van der Waals surface area contributed by atoms with Crippen molar-refractivity contribution in [2.75, 3.05) is 19.3 Å². The zero-order valence-corrected chi connectivity index (χ0v) is 14.9. The molecule has 1 heterocycles. The molecule has 2 fully saturated rings. The van der Waals surface area contributed by atoms with Crippen LogP contribution >= 0.6 is 11.8 Å². The van der Waals surface area contributed by atoms with Gasteiger partial charge in [0.15, 0.2) is 0 Å². The maximum Gasteiger partial charge on any atom is 0.223 e. The Hall–Kier alpha value is -1.00. The number of hydrogen-bond acceptors (Lipinski definition) is 3. The van der Waals surface area contributed by atoms with Gasteiger partial charge in [-0.3, -0.25) is 9.69 Å². The molecule has 3 nitrogen and oxygen atoms in total. The summed E-state index contributed by atoms with van der Waals surface area (Å²) in [6.45, 7) is 3.08. The van der Waals surface area contributed by atoms with Crippen molar-refractivity contribution in [2.45, 2.75) is 56.0 Å². The van der Waals surface area contributed by atoms with Crippen molar-refractivity contribution >= 4 is 17.7 Å². The molecule has 0 spiro atoms. The van der Waals surface area contributed by atoms with E-state index in [1.807, 2.05) is 0 Å². The predicted molar refractivity (Wildman–Crippen MR) is 96.6 cm³/mol. The first-order chi connectivity index (χ1) is 11.2. The number of thioether (sulfide) groups is 1. The lowest BCUT2D eigenvalue weighted by molar-refractivity contribution is -0.127. The maximum atomic E-state index is 12.4. The van der Waals surface area contributed by atoms with Crippen LogP contribution in [-0.2, 0) is 11.3 Å². The lowest BCUT2D eigenvalue weighted by Crippen LogP contribution is -2.42. The van der Waals surface area contributed by atoms with Gasteiger partial charge < -0.3 is 5.32 Å². The number of piperidine rings is 1. The Morgan fingerprint density at radius 3 is 2.39 bits per heavy atom. The fraction of sp³-hybridized carbons (Fsp3) is 0.632. The largest absolute Gasteiger partial charge is 0.353 e. The van der Waals surface area contributed by atoms with Crippen LogP contribution in [-0.4, -0.2) is 36.2 Å². The molecule has 1 amide bonds. The predicted octanol–water partition coefficient (Wildman–Crippen LogP) is 3.68. The van der Waals surface area contributed by atoms with E-state index in [-0.39, 0.29) is 5.92 Å². The molecular formula is C19H28N2OS. The van der Waals surface area contributed by atoms with Crippen LogP contribution < -0.4 is 5.32 Å². The minimum Gasteiger partial charge on any atom is -0.353 e. The van der Waals surface area contributed by atoms with Crippen molar-refractivity contribution in [1.82, 2.24) is 10.2 Å². The van der Waals surface area contributed by atoms with Crippen molar-refractivity contribution < 1.29 is 4.79 Å². The van der Waals surface area contributed by atoms with Gasteiger partial charge in [0.05, 0.1) is 0 Å². The highest BCUT2D eigenvalue weighted by Crippen LogP contribution is 2.23. The van der Waals surface area contributed by atoms with Gasteiger partial charge in [-0.15, -0.1) is 11.8 Å². The summed E-state index contributed by atoms with van der Waals surface area (Å²) < 4.78 is 0. The van der Waals surface area contributed by atoms with Crippen molar-refractivity contribution in [2.24, 2.45) is 5.92 Å². The van der Waals surface area contributed by atoms with Crippen LogP contribution in [0.25, 0.3) is 0 Å². The lowest BCUT2D eigenvalue weighted by Gasteiger charge is -2.31. The molecule has 1 saturated carbocycles. The Kier molecular flexibility index (Phi) is 6.01. The van der Waals surface area contributed by atoms with Crippen LogP contribution in [0.2, 0.25) is 0 Å². The van der Waals surface area contributed by atoms with Crippen LogP contribution in [0.3, 0.4) is 0 Å². The summed E-state index contributed by atoms with van der Waals surface area (Å²) in [7, 11) is 0. The van der Waals surface area contributed by atoms with E-state index in [0.717, 1.165) is 32.5 Å². The van der Waals surface area contributed by atoms with Gasteiger partial charge in [0, 0.05) is 23.4 Å². The first-order valence-corrected chi connectivity index (χ1v) is 10.1. The first kappa shape index (κ1) is 16.8. The van der Waals surface area contributed by atoms with Crippen LogP contribution in [0, 0.1) is 5.92 Å². The second kappa shape index (κ2) is 8.20. The molecule has 2 aliphatic rings. The molecule has 1 N–H and O–H groups in total. The SMILES string of the molecule is CSc1ccc(CN2CCC(C(=O)NC3CCCC3)CC2)cc1. The van der Waals surface area contributed by atoms with Gasteiger partial charge in [-0.2, -0.15) is 0 Å². The summed E-state index contributed by atoms with van der Waals surface area (Å²) in [4.78, 5) is 16.2. The zero-order chi connectivity index (χ0) is 16.1. The van der Waals surface area contributed by atoms with E-state index < -0.39 is 0 Å². The van der Waals surface area contributed by atoms with Gasteiger partial charge in [0.1, 0.15) is 0 Å². The quantitative estimate of drug-likeness (QED) is 0.835. The van der Waals surface area contributed by atoms with Crippen molar-refractivity contribution in [3.05, 3.63) is 29.8 Å². The van der Waals surface area contributed by atoms with Gasteiger partial charge in [-0.1, -0.05) is 25.0 Å². The van der Waals surface area contributed by atoms with Crippen LogP contribution in [0.15, 0.2) is 29.2 Å². The fourth-order valence-electron chi connectivity index (χ4n) is 3.73. The van der Waals surface area contributed by atoms with Gasteiger partial charge in [-0.05, 0) is 62.7 Å². The molecule has 23 heavy (non-hydrogen) atoms. The molecule has 0 bridgehead atoms. The van der Waals surface area contributed by atoms with E-state index in [4.69, 9.17) is 0 Å². The smallest absolute Gasteiger partial charge is 0.223 e. The Morgan fingerprint density at radius 1 is 1.13 bits per heavy atom. The van der Waals surface area contributed by atoms with E-state index in [1.54, 1.807) is 11.8 Å². The maximum absolute atomic E-state index is 12.4. The van der Waals surface area contributed by atoms with Gasteiger partial charge in [0.25, 0.3) is 0 Å². The number of benzene rings is 1. The Bertz CT molecular complexity index is 503. The average molecular weight is 333 g/mol. The lowest BCUT2D eigenvalue weighted by atomic mass is 9.95. The number of hydrogen-bond donors (Lipinski definition) is 1. The van der Waals surface area contributed by atoms with E-state index >= 15 is 0 Å². The first-order valence-electron chi connectivity index (χ1n) is 8.90. The molecule has 1 aromatic carbocycles. The highest BCUT2D eigenvalue weighted by molar-refractivity contribution is 7.98. The van der Waals surface area contributed by atoms with Crippen molar-refractivity contribution in [1.29, 1.82) is 0 Å². The van der Waals surface area contributed by atoms with E-state index in [0.29, 0.717) is 11.9 Å². The molecule has 0 radical (unpaired) electrons. The standard InChI is InChI=1S/C19H28N2OS/c1-23-18-8-6-15(7-9-18)14-21-12-10-16(11-13-21)19(22)20-17-4-2-3-5-17/h6-9,16-17H,2-5,10-14H2,1H3,(H,20,22). The molecule has 4 heteroatoms. The third-order valence-corrected chi connectivity index (χ3v) is 5.97. The summed E-state index contributed by atoms with van der Waals surface area (Å²) in [6.07, 6.45) is 9.02. The number of amides is 1. The molecule has 126 valence electrons. The number of carbonyl (C=O) groups is 1. The number of nitrogens with zero attached hydrogens (tertiary/aromatic N) is 1. The van der Waals surface area contributed by atoms with Gasteiger partial charge >= 0.3 is 0 Å². The summed E-state index contributed by atoms with van der Waals surface area (Å²) in [5.41, 5.74) is 1.37. The Labute approximate surface area is 144 Å². The summed E-state index contributed by atoms with van der Waals surface area (Å²) in [6, 6.07) is 9.30. The topological polar surface area (TPSA) is 32.3 Å². The summed E-state index contributed by atoms with van der Waals surface area (Å²) in [5.74, 6) is 0.534. The van der Waals surface area contributed by atoms with E-state index in [1.165, 1.54) is 36.1 Å². The number of nitrogens with one attached hydrogen (secondary N) is 1. The fourth-order valence-corrected chi connectivity index (χ4v) is 4.14. The van der Waals surface area contributed by atoms with Crippen LogP contribution in [0.5, 0.6) is 0 Å². The minimum absolute atomic E-state index is 0.228. The molecule has 0 aromatic heterocycles. The zero-order valence-electron chi connectivity index (χ0n) is 14.1. The highest BCUT2D eigenvalue weighted by Gasteiger charge is 2.27. The van der Waals surface area contributed by atoms with Crippen LogP contribution in [0.1, 0.15) is 44.1 Å². The van der Waals surface area contributed by atoms with Crippen molar-refractivity contribution in [3.63, 3.8) is 0 Å². The second-order valence-electron chi connectivity index (χ2n) is 6.89. The molecule has 1 aliphatic carbocycles. The van der Waals surface area contributed by atoms with E-state index in [2.05, 4.69) is 40.7 Å². The molecule has 1 saturated heterocycles. The minimum atomic E-state index is 0.228. The molecule has 3 rings (SSSR count). The normalized spacial score (nSPS) is 20.7. The second-order valence-corrected chi connectivity index (χ2v) is 7.77. The third-order valence-electron chi connectivity index (χ3n) is 5.23.